The molecule has 1 fully saturated rings. The topological polar surface area (TPSA) is 29.5 Å². The monoisotopic (exact) mass is 331 g/mol. The molecule has 3 heteroatoms. The Morgan fingerprint density at radius 2 is 1.64 bits per heavy atom. The minimum absolute atomic E-state index is 0.0119. The van der Waals surface area contributed by atoms with Crippen LogP contribution in [-0.4, -0.2) is 30.0 Å². The van der Waals surface area contributed by atoms with Gasteiger partial charge in [-0.25, -0.2) is 0 Å². The van der Waals surface area contributed by atoms with Crippen molar-refractivity contribution < 1.29 is 9.53 Å². The molecule has 1 aliphatic heterocycles. The molecule has 2 atom stereocenters. The zero-order chi connectivity index (χ0) is 17.2. The lowest BCUT2D eigenvalue weighted by Gasteiger charge is -2.37. The maximum absolute atomic E-state index is 13.2. The van der Waals surface area contributed by atoms with Crippen molar-refractivity contribution in [2.24, 2.45) is 0 Å². The van der Waals surface area contributed by atoms with Gasteiger partial charge in [-0.2, -0.15) is 0 Å². The third-order valence-corrected chi connectivity index (χ3v) is 4.74. The molecule has 25 heavy (non-hydrogen) atoms. The molecule has 0 spiro atoms. The van der Waals surface area contributed by atoms with Gasteiger partial charge >= 0.3 is 0 Å². The van der Waals surface area contributed by atoms with Crippen LogP contribution in [0.15, 0.2) is 72.8 Å². The molecule has 0 aliphatic carbocycles. The van der Waals surface area contributed by atoms with Crippen molar-refractivity contribution >= 4 is 16.7 Å². The van der Waals surface area contributed by atoms with Gasteiger partial charge in [-0.05, 0) is 29.3 Å². The molecular weight excluding hydrogens is 310 g/mol. The molecule has 4 rings (SSSR count). The molecule has 1 heterocycles. The molecule has 0 unspecified atom stereocenters. The normalized spacial score (nSPS) is 20.6. The van der Waals surface area contributed by atoms with Gasteiger partial charge in [-0.15, -0.1) is 0 Å². The lowest BCUT2D eigenvalue weighted by Crippen LogP contribution is -2.46. The molecule has 1 amide bonds. The molecule has 0 aromatic heterocycles. The molecule has 3 nitrogen and oxygen atoms in total. The lowest BCUT2D eigenvalue weighted by atomic mass is 10.0. The van der Waals surface area contributed by atoms with E-state index in [4.69, 9.17) is 4.74 Å². The van der Waals surface area contributed by atoms with E-state index < -0.39 is 0 Å². The van der Waals surface area contributed by atoms with E-state index in [9.17, 15) is 4.79 Å². The van der Waals surface area contributed by atoms with Gasteiger partial charge in [-0.1, -0.05) is 66.7 Å². The zero-order valence-corrected chi connectivity index (χ0v) is 14.3. The van der Waals surface area contributed by atoms with Crippen molar-refractivity contribution in [1.82, 2.24) is 4.90 Å². The smallest absolute Gasteiger partial charge is 0.254 e. The summed E-state index contributed by atoms with van der Waals surface area (Å²) in [7, 11) is 0. The average Bonchev–Trinajstić information content (AvgIpc) is 2.67. The number of carbonyl (C=O) groups excluding carboxylic acids is 1. The largest absolute Gasteiger partial charge is 0.367 e. The van der Waals surface area contributed by atoms with E-state index in [-0.39, 0.29) is 18.1 Å². The summed E-state index contributed by atoms with van der Waals surface area (Å²) >= 11 is 0. The van der Waals surface area contributed by atoms with Gasteiger partial charge in [0.2, 0.25) is 0 Å². The Morgan fingerprint density at radius 1 is 0.920 bits per heavy atom. The minimum atomic E-state index is -0.0797. The molecule has 0 bridgehead atoms. The number of amides is 1. The Labute approximate surface area is 147 Å². The van der Waals surface area contributed by atoms with Crippen LogP contribution in [0.3, 0.4) is 0 Å². The maximum atomic E-state index is 13.2. The van der Waals surface area contributed by atoms with Gasteiger partial charge in [0.25, 0.3) is 5.91 Å². The SMILES string of the molecule is C[C@@H]1CN(C(=O)c2cccc3ccccc23)C[C@@H](c2ccccc2)O1. The second-order valence-electron chi connectivity index (χ2n) is 6.58. The zero-order valence-electron chi connectivity index (χ0n) is 14.3. The fourth-order valence-corrected chi connectivity index (χ4v) is 3.55. The number of hydrogen-bond donors (Lipinski definition) is 0. The second-order valence-corrected chi connectivity index (χ2v) is 6.58. The highest BCUT2D eigenvalue weighted by molar-refractivity contribution is 6.07. The number of carbonyl (C=O) groups is 1. The number of hydrogen-bond acceptors (Lipinski definition) is 2. The van der Waals surface area contributed by atoms with Crippen molar-refractivity contribution in [3.63, 3.8) is 0 Å². The number of rotatable bonds is 2. The molecule has 1 aliphatic rings. The Bertz CT molecular complexity index is 885. The van der Waals surface area contributed by atoms with Crippen molar-refractivity contribution in [3.05, 3.63) is 83.9 Å². The molecule has 0 saturated carbocycles. The maximum Gasteiger partial charge on any atom is 0.254 e. The standard InChI is InChI=1S/C22H21NO2/c1-16-14-23(15-21(25-16)18-9-3-2-4-10-18)22(24)20-13-7-11-17-8-5-6-12-19(17)20/h2-13,16,21H,14-15H2,1H3/t16-,21+/m1/s1. The van der Waals surface area contributed by atoms with Crippen LogP contribution in [0, 0.1) is 0 Å². The van der Waals surface area contributed by atoms with Crippen molar-refractivity contribution in [3.8, 4) is 0 Å². The van der Waals surface area contributed by atoms with Crippen molar-refractivity contribution in [2.45, 2.75) is 19.1 Å². The van der Waals surface area contributed by atoms with Crippen LogP contribution in [0.1, 0.15) is 28.9 Å². The van der Waals surface area contributed by atoms with E-state index in [2.05, 4.69) is 12.1 Å². The Balaban J connectivity index is 1.65. The molecular formula is C22H21NO2. The first kappa shape index (κ1) is 15.9. The Hall–Kier alpha value is -2.65. The van der Waals surface area contributed by atoms with E-state index in [1.165, 1.54) is 0 Å². The first-order chi connectivity index (χ1) is 12.2. The number of fused-ring (bicyclic) bond motifs is 1. The summed E-state index contributed by atoms with van der Waals surface area (Å²) in [5.74, 6) is 0.0767. The quantitative estimate of drug-likeness (QED) is 0.695. The van der Waals surface area contributed by atoms with Gasteiger partial charge < -0.3 is 9.64 Å². The first-order valence-electron chi connectivity index (χ1n) is 8.70. The minimum Gasteiger partial charge on any atom is -0.367 e. The average molecular weight is 331 g/mol. The van der Waals surface area contributed by atoms with Gasteiger partial charge in [0.1, 0.15) is 6.10 Å². The van der Waals surface area contributed by atoms with E-state index in [0.717, 1.165) is 21.9 Å². The van der Waals surface area contributed by atoms with Crippen LogP contribution in [0.5, 0.6) is 0 Å². The number of morpholine rings is 1. The highest BCUT2D eigenvalue weighted by Crippen LogP contribution is 2.27. The van der Waals surface area contributed by atoms with Gasteiger partial charge in [0.15, 0.2) is 0 Å². The second kappa shape index (κ2) is 6.69. The fraction of sp³-hybridized carbons (Fsp3) is 0.227. The predicted octanol–water partition coefficient (Wildman–Crippen LogP) is 4.44. The summed E-state index contributed by atoms with van der Waals surface area (Å²) in [6.07, 6.45) is -0.0678. The van der Waals surface area contributed by atoms with E-state index in [1.807, 2.05) is 72.5 Å². The fourth-order valence-electron chi connectivity index (χ4n) is 3.55. The van der Waals surface area contributed by atoms with Gasteiger partial charge in [0.05, 0.1) is 12.6 Å². The predicted molar refractivity (Wildman–Crippen MR) is 99.6 cm³/mol. The van der Waals surface area contributed by atoms with Crippen LogP contribution < -0.4 is 0 Å². The Morgan fingerprint density at radius 3 is 2.48 bits per heavy atom. The summed E-state index contributed by atoms with van der Waals surface area (Å²) in [6, 6.07) is 24.1. The van der Waals surface area contributed by atoms with Crippen LogP contribution in [0.4, 0.5) is 0 Å². The Kier molecular flexibility index (Phi) is 4.24. The van der Waals surface area contributed by atoms with Gasteiger partial charge in [0, 0.05) is 12.1 Å². The van der Waals surface area contributed by atoms with Crippen molar-refractivity contribution in [2.75, 3.05) is 13.1 Å². The number of ether oxygens (including phenoxy) is 1. The summed E-state index contributed by atoms with van der Waals surface area (Å²) in [5.41, 5.74) is 1.88. The molecule has 3 aromatic rings. The summed E-state index contributed by atoms with van der Waals surface area (Å²) in [4.78, 5) is 15.1. The van der Waals surface area contributed by atoms with E-state index in [0.29, 0.717) is 13.1 Å². The highest BCUT2D eigenvalue weighted by Gasteiger charge is 2.30. The summed E-state index contributed by atoms with van der Waals surface area (Å²) < 4.78 is 6.08. The van der Waals surface area contributed by atoms with E-state index >= 15 is 0 Å². The molecule has 0 radical (unpaired) electrons. The van der Waals surface area contributed by atoms with Crippen LogP contribution >= 0.6 is 0 Å². The summed E-state index contributed by atoms with van der Waals surface area (Å²) in [6.45, 7) is 3.22. The third kappa shape index (κ3) is 3.15. The molecule has 1 saturated heterocycles. The summed E-state index contributed by atoms with van der Waals surface area (Å²) in [5, 5.41) is 2.10. The van der Waals surface area contributed by atoms with E-state index in [1.54, 1.807) is 0 Å². The molecule has 0 N–H and O–H groups in total. The lowest BCUT2D eigenvalue weighted by molar-refractivity contribution is -0.0691. The highest BCUT2D eigenvalue weighted by atomic mass is 16.5. The van der Waals surface area contributed by atoms with Crippen LogP contribution in [0.25, 0.3) is 10.8 Å². The van der Waals surface area contributed by atoms with Crippen LogP contribution in [-0.2, 0) is 4.74 Å². The third-order valence-electron chi connectivity index (χ3n) is 4.74. The first-order valence-corrected chi connectivity index (χ1v) is 8.70. The number of benzene rings is 3. The van der Waals surface area contributed by atoms with Crippen molar-refractivity contribution in [1.29, 1.82) is 0 Å². The molecule has 3 aromatic carbocycles. The van der Waals surface area contributed by atoms with Crippen LogP contribution in [0.2, 0.25) is 0 Å². The van der Waals surface area contributed by atoms with Gasteiger partial charge in [-0.3, -0.25) is 4.79 Å². The molecule has 126 valence electrons. The number of nitrogens with zero attached hydrogens (tertiary/aromatic N) is 1.